The highest BCUT2D eigenvalue weighted by molar-refractivity contribution is 7.89. The van der Waals surface area contributed by atoms with E-state index in [0.29, 0.717) is 37.1 Å². The van der Waals surface area contributed by atoms with Crippen molar-refractivity contribution in [3.05, 3.63) is 41.0 Å². The van der Waals surface area contributed by atoms with Crippen molar-refractivity contribution in [1.29, 1.82) is 0 Å². The number of halogens is 1. The first-order chi connectivity index (χ1) is 14.3. The average molecular weight is 451 g/mol. The molecule has 0 amide bonds. The van der Waals surface area contributed by atoms with Crippen LogP contribution in [0.2, 0.25) is 5.02 Å². The molecule has 4 rings (SSSR count). The van der Waals surface area contributed by atoms with Crippen LogP contribution in [-0.2, 0) is 10.0 Å². The van der Waals surface area contributed by atoms with Gasteiger partial charge in [-0.05, 0) is 32.2 Å². The lowest BCUT2D eigenvalue weighted by molar-refractivity contribution is 0.312. The summed E-state index contributed by atoms with van der Waals surface area (Å²) in [5.41, 5.74) is 0.919. The minimum absolute atomic E-state index is 0.229. The number of anilines is 2. The summed E-state index contributed by atoms with van der Waals surface area (Å²) >= 11 is 5.98. The molecule has 0 saturated carbocycles. The fourth-order valence-corrected chi connectivity index (χ4v) is 5.50. The lowest BCUT2D eigenvalue weighted by Gasteiger charge is -2.36. The maximum Gasteiger partial charge on any atom is 0.243 e. The minimum atomic E-state index is -3.56. The van der Waals surface area contributed by atoms with Crippen LogP contribution in [0.1, 0.15) is 5.69 Å². The molecule has 162 valence electrons. The van der Waals surface area contributed by atoms with E-state index in [2.05, 4.69) is 26.7 Å². The zero-order chi connectivity index (χ0) is 21.3. The van der Waals surface area contributed by atoms with Crippen LogP contribution in [0.25, 0.3) is 0 Å². The van der Waals surface area contributed by atoms with Gasteiger partial charge in [0, 0.05) is 69.1 Å². The number of piperazine rings is 2. The standard InChI is InChI=1S/C20H27ClN6O2S/c1-16-14-19(25-8-6-24(2)7-9-25)23-20(22-16)26-10-12-27(13-11-26)30(28,29)18-5-3-4-17(21)15-18/h3-5,14-15H,6-13H2,1-2H3. The number of sulfonamides is 1. The highest BCUT2D eigenvalue weighted by Crippen LogP contribution is 2.23. The molecule has 0 bridgehead atoms. The van der Waals surface area contributed by atoms with E-state index in [-0.39, 0.29) is 4.90 Å². The van der Waals surface area contributed by atoms with Crippen molar-refractivity contribution >= 4 is 33.4 Å². The van der Waals surface area contributed by atoms with Gasteiger partial charge >= 0.3 is 0 Å². The van der Waals surface area contributed by atoms with Gasteiger partial charge in [0.1, 0.15) is 5.82 Å². The molecule has 0 radical (unpaired) electrons. The third-order valence-electron chi connectivity index (χ3n) is 5.61. The first-order valence-electron chi connectivity index (χ1n) is 10.1. The Balaban J connectivity index is 1.46. The number of hydrogen-bond acceptors (Lipinski definition) is 7. The van der Waals surface area contributed by atoms with E-state index in [1.807, 2.05) is 13.0 Å². The second-order valence-electron chi connectivity index (χ2n) is 7.81. The molecule has 0 N–H and O–H groups in total. The summed E-state index contributed by atoms with van der Waals surface area (Å²) < 4.78 is 27.4. The molecule has 8 nitrogen and oxygen atoms in total. The summed E-state index contributed by atoms with van der Waals surface area (Å²) in [6, 6.07) is 8.43. The molecule has 1 aromatic heterocycles. The Bertz CT molecular complexity index is 1000. The third-order valence-corrected chi connectivity index (χ3v) is 7.74. The van der Waals surface area contributed by atoms with Crippen LogP contribution in [0.3, 0.4) is 0 Å². The van der Waals surface area contributed by atoms with Gasteiger partial charge in [0.2, 0.25) is 16.0 Å². The molecule has 2 aliphatic rings. The summed E-state index contributed by atoms with van der Waals surface area (Å²) in [5, 5.41) is 0.416. The number of rotatable bonds is 4. The number of likely N-dealkylation sites (N-methyl/N-ethyl adjacent to an activating group) is 1. The van der Waals surface area contributed by atoms with Crippen LogP contribution in [0.15, 0.2) is 35.2 Å². The molecule has 0 aliphatic carbocycles. The van der Waals surface area contributed by atoms with E-state index in [9.17, 15) is 8.42 Å². The Morgan fingerprint density at radius 1 is 0.900 bits per heavy atom. The van der Waals surface area contributed by atoms with Crippen molar-refractivity contribution in [2.75, 3.05) is 69.2 Å². The number of nitrogens with zero attached hydrogens (tertiary/aromatic N) is 6. The van der Waals surface area contributed by atoms with Gasteiger partial charge < -0.3 is 14.7 Å². The Morgan fingerprint density at radius 3 is 2.23 bits per heavy atom. The van der Waals surface area contributed by atoms with Gasteiger partial charge in [0.15, 0.2) is 0 Å². The molecule has 2 aromatic rings. The largest absolute Gasteiger partial charge is 0.354 e. The monoisotopic (exact) mass is 450 g/mol. The van der Waals surface area contributed by atoms with Gasteiger partial charge in [-0.25, -0.2) is 13.4 Å². The van der Waals surface area contributed by atoms with Crippen molar-refractivity contribution in [2.45, 2.75) is 11.8 Å². The van der Waals surface area contributed by atoms with Crippen molar-refractivity contribution in [2.24, 2.45) is 0 Å². The average Bonchev–Trinajstić information content (AvgIpc) is 2.74. The second kappa shape index (κ2) is 8.66. The molecule has 2 fully saturated rings. The summed E-state index contributed by atoms with van der Waals surface area (Å²) in [5.74, 6) is 1.61. The highest BCUT2D eigenvalue weighted by Gasteiger charge is 2.30. The van der Waals surface area contributed by atoms with Crippen LogP contribution in [0.4, 0.5) is 11.8 Å². The predicted molar refractivity (Wildman–Crippen MR) is 119 cm³/mol. The van der Waals surface area contributed by atoms with Crippen LogP contribution in [-0.4, -0.2) is 87.0 Å². The van der Waals surface area contributed by atoms with E-state index < -0.39 is 10.0 Å². The summed E-state index contributed by atoms with van der Waals surface area (Å²) in [6.45, 7) is 7.75. The van der Waals surface area contributed by atoms with E-state index in [1.165, 1.54) is 10.4 Å². The predicted octanol–water partition coefficient (Wildman–Crippen LogP) is 1.70. The second-order valence-corrected chi connectivity index (χ2v) is 10.2. The molecular weight excluding hydrogens is 424 g/mol. The molecule has 0 spiro atoms. The van der Waals surface area contributed by atoms with Crippen molar-refractivity contribution in [1.82, 2.24) is 19.2 Å². The smallest absolute Gasteiger partial charge is 0.243 e. The first-order valence-corrected chi connectivity index (χ1v) is 11.9. The van der Waals surface area contributed by atoms with Gasteiger partial charge in [-0.1, -0.05) is 17.7 Å². The summed E-state index contributed by atoms with van der Waals surface area (Å²) in [6.07, 6.45) is 0. The van der Waals surface area contributed by atoms with Crippen molar-refractivity contribution < 1.29 is 8.42 Å². The van der Waals surface area contributed by atoms with Gasteiger partial charge in [0.05, 0.1) is 4.90 Å². The molecule has 0 unspecified atom stereocenters. The molecule has 2 aliphatic heterocycles. The number of aryl methyl sites for hydroxylation is 1. The number of aromatic nitrogens is 2. The van der Waals surface area contributed by atoms with E-state index >= 15 is 0 Å². The van der Waals surface area contributed by atoms with Crippen LogP contribution >= 0.6 is 11.6 Å². The van der Waals surface area contributed by atoms with Crippen LogP contribution in [0.5, 0.6) is 0 Å². The fourth-order valence-electron chi connectivity index (χ4n) is 3.78. The van der Waals surface area contributed by atoms with Crippen molar-refractivity contribution in [3.8, 4) is 0 Å². The maximum atomic E-state index is 12.9. The maximum absolute atomic E-state index is 12.9. The number of hydrogen-bond donors (Lipinski definition) is 0. The molecule has 30 heavy (non-hydrogen) atoms. The lowest BCUT2D eigenvalue weighted by Crippen LogP contribution is -2.49. The number of benzene rings is 1. The molecule has 10 heteroatoms. The Morgan fingerprint density at radius 2 is 1.57 bits per heavy atom. The Labute approximate surface area is 183 Å². The zero-order valence-electron chi connectivity index (χ0n) is 17.3. The zero-order valence-corrected chi connectivity index (χ0v) is 18.9. The first kappa shape index (κ1) is 21.3. The van der Waals surface area contributed by atoms with Crippen LogP contribution in [0, 0.1) is 6.92 Å². The molecule has 3 heterocycles. The van der Waals surface area contributed by atoms with E-state index in [4.69, 9.17) is 16.6 Å². The normalized spacial score (nSPS) is 19.3. The molecule has 2 saturated heterocycles. The summed E-state index contributed by atoms with van der Waals surface area (Å²) in [4.78, 5) is 16.3. The van der Waals surface area contributed by atoms with E-state index in [1.54, 1.807) is 18.2 Å². The van der Waals surface area contributed by atoms with Gasteiger partial charge in [-0.2, -0.15) is 9.29 Å². The quantitative estimate of drug-likeness (QED) is 0.701. The molecule has 1 aromatic carbocycles. The fraction of sp³-hybridized carbons (Fsp3) is 0.500. The van der Waals surface area contributed by atoms with Gasteiger partial charge in [0.25, 0.3) is 0 Å². The summed E-state index contributed by atoms with van der Waals surface area (Å²) in [7, 11) is -1.43. The van der Waals surface area contributed by atoms with Crippen LogP contribution < -0.4 is 9.80 Å². The van der Waals surface area contributed by atoms with Gasteiger partial charge in [-0.3, -0.25) is 0 Å². The van der Waals surface area contributed by atoms with Crippen molar-refractivity contribution in [3.63, 3.8) is 0 Å². The minimum Gasteiger partial charge on any atom is -0.354 e. The molecular formula is C20H27ClN6O2S. The lowest BCUT2D eigenvalue weighted by atomic mass is 10.3. The Kier molecular flexibility index (Phi) is 6.15. The topological polar surface area (TPSA) is 72.9 Å². The third kappa shape index (κ3) is 4.54. The van der Waals surface area contributed by atoms with Gasteiger partial charge in [-0.15, -0.1) is 0 Å². The highest BCUT2D eigenvalue weighted by atomic mass is 35.5. The Hall–Kier alpha value is -1.94. The molecule has 0 atom stereocenters. The van der Waals surface area contributed by atoms with E-state index in [0.717, 1.165) is 37.7 Å². The SMILES string of the molecule is Cc1cc(N2CCN(C)CC2)nc(N2CCN(S(=O)(=O)c3cccc(Cl)c3)CC2)n1.